The van der Waals surface area contributed by atoms with Gasteiger partial charge in [-0.3, -0.25) is 4.79 Å². The molecule has 0 bridgehead atoms. The van der Waals surface area contributed by atoms with E-state index in [1.807, 2.05) is 11.8 Å². The van der Waals surface area contributed by atoms with Gasteiger partial charge in [0.25, 0.3) is 0 Å². The molecule has 1 saturated carbocycles. The monoisotopic (exact) mass is 252 g/mol. The third-order valence-corrected chi connectivity index (χ3v) is 5.16. The third-order valence-electron chi connectivity index (χ3n) is 3.93. The Balaban J connectivity index is 1.86. The van der Waals surface area contributed by atoms with Crippen LogP contribution in [0.15, 0.2) is 0 Å². The number of nitrogens with zero attached hydrogens (tertiary/aromatic N) is 1. The fourth-order valence-electron chi connectivity index (χ4n) is 2.70. The van der Waals surface area contributed by atoms with Crippen LogP contribution >= 0.6 is 11.8 Å². The minimum absolute atomic E-state index is 0.0170. The van der Waals surface area contributed by atoms with Crippen LogP contribution in [0.25, 0.3) is 0 Å². The number of hydrogen-bond acceptors (Lipinski definition) is 3. The Bertz CT molecular complexity index is 312. The third kappa shape index (κ3) is 2.95. The van der Waals surface area contributed by atoms with Gasteiger partial charge in [-0.15, -0.1) is 0 Å². The number of rotatable bonds is 3. The highest BCUT2D eigenvalue weighted by Gasteiger charge is 2.39. The first-order chi connectivity index (χ1) is 8.27. The maximum absolute atomic E-state index is 12.2. The van der Waals surface area contributed by atoms with Crippen molar-refractivity contribution >= 4 is 17.7 Å². The Morgan fingerprint density at radius 1 is 1.41 bits per heavy atom. The predicted octanol–water partition coefficient (Wildman–Crippen LogP) is 2.33. The summed E-state index contributed by atoms with van der Waals surface area (Å²) in [5, 5.41) is 12.3. The molecule has 4 heteroatoms. The second-order valence-electron chi connectivity index (χ2n) is 5.19. The van der Waals surface area contributed by atoms with Crippen molar-refractivity contribution < 1.29 is 4.79 Å². The summed E-state index contributed by atoms with van der Waals surface area (Å²) in [5.41, 5.74) is -0.718. The highest BCUT2D eigenvalue weighted by molar-refractivity contribution is 7.99. The van der Waals surface area contributed by atoms with Gasteiger partial charge in [0.15, 0.2) is 0 Å². The van der Waals surface area contributed by atoms with Crippen molar-refractivity contribution in [2.45, 2.75) is 38.5 Å². The summed E-state index contributed by atoms with van der Waals surface area (Å²) >= 11 is 1.96. The SMILES string of the molecule is N#CC1(C(=O)NCC2CCSC2)CCCCC1. The average Bonchev–Trinajstić information content (AvgIpc) is 2.90. The van der Waals surface area contributed by atoms with Gasteiger partial charge in [-0.05, 0) is 36.7 Å². The molecule has 1 heterocycles. The summed E-state index contributed by atoms with van der Waals surface area (Å²) < 4.78 is 0. The van der Waals surface area contributed by atoms with E-state index < -0.39 is 5.41 Å². The first-order valence-corrected chi connectivity index (χ1v) is 7.70. The molecule has 1 atom stereocenters. The van der Waals surface area contributed by atoms with Crippen molar-refractivity contribution in [2.24, 2.45) is 11.3 Å². The lowest BCUT2D eigenvalue weighted by Gasteiger charge is -2.29. The van der Waals surface area contributed by atoms with Crippen LogP contribution in [0.3, 0.4) is 0 Å². The number of hydrogen-bond donors (Lipinski definition) is 1. The number of amides is 1. The lowest BCUT2D eigenvalue weighted by Crippen LogP contribution is -2.43. The Hall–Kier alpha value is -0.690. The molecule has 94 valence electrons. The second-order valence-corrected chi connectivity index (χ2v) is 6.34. The first kappa shape index (κ1) is 12.8. The molecule has 1 unspecified atom stereocenters. The van der Waals surface area contributed by atoms with Crippen LogP contribution in [-0.2, 0) is 4.79 Å². The second kappa shape index (κ2) is 5.77. The average molecular weight is 252 g/mol. The molecule has 1 aliphatic heterocycles. The van der Waals surface area contributed by atoms with E-state index in [0.717, 1.165) is 44.4 Å². The Morgan fingerprint density at radius 2 is 2.18 bits per heavy atom. The van der Waals surface area contributed by atoms with Gasteiger partial charge in [0.1, 0.15) is 5.41 Å². The van der Waals surface area contributed by atoms with E-state index in [4.69, 9.17) is 0 Å². The van der Waals surface area contributed by atoms with Crippen molar-refractivity contribution in [1.82, 2.24) is 5.32 Å². The number of nitriles is 1. The van der Waals surface area contributed by atoms with E-state index in [1.165, 1.54) is 12.2 Å². The molecule has 2 aliphatic rings. The fraction of sp³-hybridized carbons (Fsp3) is 0.846. The van der Waals surface area contributed by atoms with E-state index in [-0.39, 0.29) is 5.91 Å². The maximum Gasteiger partial charge on any atom is 0.240 e. The zero-order chi connectivity index (χ0) is 12.1. The standard InChI is InChI=1S/C13H20N2OS/c14-10-13(5-2-1-3-6-13)12(16)15-8-11-4-7-17-9-11/h11H,1-9H2,(H,15,16). The quantitative estimate of drug-likeness (QED) is 0.838. The van der Waals surface area contributed by atoms with E-state index in [0.29, 0.717) is 5.92 Å². The molecular weight excluding hydrogens is 232 g/mol. The summed E-state index contributed by atoms with van der Waals surface area (Å²) in [4.78, 5) is 12.2. The topological polar surface area (TPSA) is 52.9 Å². The molecule has 2 fully saturated rings. The molecule has 0 aromatic rings. The summed E-state index contributed by atoms with van der Waals surface area (Å²) in [7, 11) is 0. The Kier molecular flexibility index (Phi) is 4.33. The maximum atomic E-state index is 12.2. The number of thioether (sulfide) groups is 1. The molecule has 0 radical (unpaired) electrons. The molecule has 17 heavy (non-hydrogen) atoms. The van der Waals surface area contributed by atoms with Crippen molar-refractivity contribution in [3.63, 3.8) is 0 Å². The first-order valence-electron chi connectivity index (χ1n) is 6.54. The zero-order valence-corrected chi connectivity index (χ0v) is 11.0. The Labute approximate surface area is 107 Å². The number of nitrogens with one attached hydrogen (secondary N) is 1. The van der Waals surface area contributed by atoms with Crippen molar-refractivity contribution in [1.29, 1.82) is 5.26 Å². The van der Waals surface area contributed by atoms with Crippen LogP contribution in [0.5, 0.6) is 0 Å². The molecule has 0 aromatic carbocycles. The van der Waals surface area contributed by atoms with Gasteiger partial charge in [-0.25, -0.2) is 0 Å². The fourth-order valence-corrected chi connectivity index (χ4v) is 3.98. The predicted molar refractivity (Wildman–Crippen MR) is 69.6 cm³/mol. The van der Waals surface area contributed by atoms with Gasteiger partial charge >= 0.3 is 0 Å². The van der Waals surface area contributed by atoms with Crippen molar-refractivity contribution in [3.8, 4) is 6.07 Å². The molecular formula is C13H20N2OS. The lowest BCUT2D eigenvalue weighted by molar-refractivity contribution is -0.129. The molecule has 1 aliphatic carbocycles. The molecule has 0 spiro atoms. The Morgan fingerprint density at radius 3 is 2.76 bits per heavy atom. The normalized spacial score (nSPS) is 27.4. The van der Waals surface area contributed by atoms with Gasteiger partial charge in [-0.1, -0.05) is 19.3 Å². The highest BCUT2D eigenvalue weighted by atomic mass is 32.2. The molecule has 0 aromatic heterocycles. The van der Waals surface area contributed by atoms with E-state index in [9.17, 15) is 10.1 Å². The minimum Gasteiger partial charge on any atom is -0.354 e. The van der Waals surface area contributed by atoms with Gasteiger partial charge < -0.3 is 5.32 Å². The largest absolute Gasteiger partial charge is 0.354 e. The van der Waals surface area contributed by atoms with Crippen LogP contribution in [0.1, 0.15) is 38.5 Å². The van der Waals surface area contributed by atoms with E-state index in [1.54, 1.807) is 0 Å². The molecule has 1 amide bonds. The van der Waals surface area contributed by atoms with Crippen LogP contribution < -0.4 is 5.32 Å². The zero-order valence-electron chi connectivity index (χ0n) is 10.2. The van der Waals surface area contributed by atoms with Crippen LogP contribution in [0.4, 0.5) is 0 Å². The van der Waals surface area contributed by atoms with Crippen LogP contribution in [-0.4, -0.2) is 24.0 Å². The van der Waals surface area contributed by atoms with Gasteiger partial charge in [-0.2, -0.15) is 17.0 Å². The molecule has 3 nitrogen and oxygen atoms in total. The van der Waals surface area contributed by atoms with Crippen LogP contribution in [0, 0.1) is 22.7 Å². The van der Waals surface area contributed by atoms with Crippen molar-refractivity contribution in [2.75, 3.05) is 18.1 Å². The van der Waals surface area contributed by atoms with Gasteiger partial charge in [0, 0.05) is 6.54 Å². The molecule has 1 saturated heterocycles. The smallest absolute Gasteiger partial charge is 0.240 e. The molecule has 2 rings (SSSR count). The summed E-state index contributed by atoms with van der Waals surface area (Å²) in [6, 6.07) is 2.28. The summed E-state index contributed by atoms with van der Waals surface area (Å²) in [6.45, 7) is 0.759. The lowest BCUT2D eigenvalue weighted by atomic mass is 9.74. The summed E-state index contributed by atoms with van der Waals surface area (Å²) in [5.74, 6) is 2.96. The number of carbonyl (C=O) groups excluding carboxylic acids is 1. The summed E-state index contributed by atoms with van der Waals surface area (Å²) in [6.07, 6.45) is 5.88. The van der Waals surface area contributed by atoms with E-state index >= 15 is 0 Å². The van der Waals surface area contributed by atoms with Crippen LogP contribution in [0.2, 0.25) is 0 Å². The molecule has 1 N–H and O–H groups in total. The van der Waals surface area contributed by atoms with Gasteiger partial charge in [0.05, 0.1) is 6.07 Å². The van der Waals surface area contributed by atoms with Crippen molar-refractivity contribution in [3.05, 3.63) is 0 Å². The van der Waals surface area contributed by atoms with E-state index in [2.05, 4.69) is 11.4 Å². The number of carbonyl (C=O) groups is 1. The van der Waals surface area contributed by atoms with Gasteiger partial charge in [0.2, 0.25) is 5.91 Å². The minimum atomic E-state index is -0.718. The highest BCUT2D eigenvalue weighted by Crippen LogP contribution is 2.36.